The molecule has 0 radical (unpaired) electrons. The minimum Gasteiger partial charge on any atom is -0.399 e. The molecule has 0 saturated carbocycles. The predicted molar refractivity (Wildman–Crippen MR) is 89.4 cm³/mol. The Balaban J connectivity index is 2.87. The first-order chi connectivity index (χ1) is 9.81. The van der Waals surface area contributed by atoms with Gasteiger partial charge in [0.1, 0.15) is 4.90 Å². The van der Waals surface area contributed by atoms with Gasteiger partial charge in [0.2, 0.25) is 10.0 Å². The molecule has 0 bridgehead atoms. The van der Waals surface area contributed by atoms with Crippen LogP contribution in [0.4, 0.5) is 5.69 Å². The third kappa shape index (κ3) is 5.33. The minimum absolute atomic E-state index is 0.0362. The highest BCUT2D eigenvalue weighted by Gasteiger charge is 2.23. The maximum atomic E-state index is 12.4. The van der Waals surface area contributed by atoms with Crippen LogP contribution >= 0.6 is 23.2 Å². The molecule has 1 unspecified atom stereocenters. The van der Waals surface area contributed by atoms with Crippen molar-refractivity contribution >= 4 is 38.9 Å². The van der Waals surface area contributed by atoms with E-state index in [1.807, 2.05) is 0 Å². The van der Waals surface area contributed by atoms with Gasteiger partial charge in [-0.25, -0.2) is 13.1 Å². The zero-order valence-electron chi connectivity index (χ0n) is 12.3. The number of hydrogen-bond acceptors (Lipinski definition) is 3. The van der Waals surface area contributed by atoms with Crippen LogP contribution in [0.25, 0.3) is 0 Å². The van der Waals surface area contributed by atoms with Crippen molar-refractivity contribution in [2.75, 3.05) is 12.3 Å². The smallest absolute Gasteiger partial charge is 0.243 e. The Morgan fingerprint density at radius 3 is 2.29 bits per heavy atom. The lowest BCUT2D eigenvalue weighted by atomic mass is 10.00. The van der Waals surface area contributed by atoms with Crippen molar-refractivity contribution in [3.63, 3.8) is 0 Å². The van der Waals surface area contributed by atoms with Crippen molar-refractivity contribution in [2.24, 2.45) is 5.92 Å². The van der Waals surface area contributed by atoms with E-state index in [-0.39, 0.29) is 14.9 Å². The van der Waals surface area contributed by atoms with Gasteiger partial charge in [0.05, 0.1) is 10.0 Å². The lowest BCUT2D eigenvalue weighted by Crippen LogP contribution is -2.29. The topological polar surface area (TPSA) is 72.2 Å². The lowest BCUT2D eigenvalue weighted by Gasteiger charge is -2.16. The maximum Gasteiger partial charge on any atom is 0.243 e. The summed E-state index contributed by atoms with van der Waals surface area (Å²) in [5.74, 6) is 0.311. The number of halogens is 2. The second-order valence-corrected chi connectivity index (χ2v) is 7.60. The standard InChI is InChI=1S/C14H22Cl2N2O2S/c1-3-5-6-10(4-2)9-18-21(19,20)14-12(15)7-11(17)8-13(14)16/h7-8,10,18H,3-6,9,17H2,1-2H3. The van der Waals surface area contributed by atoms with Crippen molar-refractivity contribution < 1.29 is 8.42 Å². The zero-order valence-corrected chi connectivity index (χ0v) is 14.7. The summed E-state index contributed by atoms with van der Waals surface area (Å²) in [4.78, 5) is -0.106. The Morgan fingerprint density at radius 1 is 1.24 bits per heavy atom. The summed E-state index contributed by atoms with van der Waals surface area (Å²) in [7, 11) is -3.74. The number of rotatable bonds is 8. The molecule has 0 aromatic heterocycles. The summed E-state index contributed by atoms with van der Waals surface area (Å²) >= 11 is 11.9. The molecule has 1 aromatic rings. The molecule has 4 nitrogen and oxygen atoms in total. The zero-order chi connectivity index (χ0) is 16.0. The SMILES string of the molecule is CCCCC(CC)CNS(=O)(=O)c1c(Cl)cc(N)cc1Cl. The second-order valence-electron chi connectivity index (χ2n) is 5.08. The first-order valence-electron chi connectivity index (χ1n) is 7.06. The van der Waals surface area contributed by atoms with E-state index < -0.39 is 10.0 Å². The molecule has 0 saturated heterocycles. The first kappa shape index (κ1) is 18.6. The third-order valence-electron chi connectivity index (χ3n) is 3.39. The summed E-state index contributed by atoms with van der Waals surface area (Å²) in [6.07, 6.45) is 4.10. The minimum atomic E-state index is -3.74. The van der Waals surface area contributed by atoms with Crippen molar-refractivity contribution in [2.45, 2.75) is 44.4 Å². The van der Waals surface area contributed by atoms with Crippen LogP contribution in [0.1, 0.15) is 39.5 Å². The van der Waals surface area contributed by atoms with Gasteiger partial charge in [-0.3, -0.25) is 0 Å². The highest BCUT2D eigenvalue weighted by atomic mass is 35.5. The molecule has 0 aliphatic rings. The van der Waals surface area contributed by atoms with E-state index in [2.05, 4.69) is 18.6 Å². The van der Waals surface area contributed by atoms with Crippen LogP contribution in [0.15, 0.2) is 17.0 Å². The molecule has 0 fully saturated rings. The van der Waals surface area contributed by atoms with Crippen LogP contribution in [0.3, 0.4) is 0 Å². The van der Waals surface area contributed by atoms with E-state index in [1.54, 1.807) is 0 Å². The van der Waals surface area contributed by atoms with Crippen LogP contribution in [0.2, 0.25) is 10.0 Å². The number of nitrogens with one attached hydrogen (secondary N) is 1. The number of unbranched alkanes of at least 4 members (excludes halogenated alkanes) is 1. The molecule has 1 rings (SSSR count). The van der Waals surface area contributed by atoms with Crippen molar-refractivity contribution in [1.82, 2.24) is 4.72 Å². The van der Waals surface area contributed by atoms with Gasteiger partial charge in [0.25, 0.3) is 0 Å². The predicted octanol–water partition coefficient (Wildman–Crippen LogP) is 4.07. The van der Waals surface area contributed by atoms with E-state index in [9.17, 15) is 8.42 Å². The van der Waals surface area contributed by atoms with E-state index >= 15 is 0 Å². The highest BCUT2D eigenvalue weighted by molar-refractivity contribution is 7.89. The van der Waals surface area contributed by atoms with Gasteiger partial charge in [0, 0.05) is 12.2 Å². The molecule has 3 N–H and O–H groups in total. The molecule has 0 aliphatic heterocycles. The monoisotopic (exact) mass is 352 g/mol. The Hall–Kier alpha value is -0.490. The fraction of sp³-hybridized carbons (Fsp3) is 0.571. The highest BCUT2D eigenvalue weighted by Crippen LogP contribution is 2.31. The van der Waals surface area contributed by atoms with Crippen molar-refractivity contribution in [3.05, 3.63) is 22.2 Å². The normalized spacial score (nSPS) is 13.3. The van der Waals surface area contributed by atoms with Gasteiger partial charge in [0.15, 0.2) is 0 Å². The average Bonchev–Trinajstić information content (AvgIpc) is 2.37. The van der Waals surface area contributed by atoms with Crippen LogP contribution in [0.5, 0.6) is 0 Å². The van der Waals surface area contributed by atoms with E-state index in [0.717, 1.165) is 25.7 Å². The average molecular weight is 353 g/mol. The second kappa shape index (κ2) is 8.22. The van der Waals surface area contributed by atoms with Crippen molar-refractivity contribution in [1.29, 1.82) is 0 Å². The molecular weight excluding hydrogens is 331 g/mol. The van der Waals surface area contributed by atoms with Crippen LogP contribution in [0, 0.1) is 5.92 Å². The fourth-order valence-electron chi connectivity index (χ4n) is 2.08. The van der Waals surface area contributed by atoms with Gasteiger partial charge in [-0.15, -0.1) is 0 Å². The van der Waals surface area contributed by atoms with E-state index in [1.165, 1.54) is 12.1 Å². The molecule has 0 heterocycles. The molecule has 0 aliphatic carbocycles. The Labute approximate surface area is 137 Å². The number of sulfonamides is 1. The number of nitrogens with two attached hydrogens (primary N) is 1. The first-order valence-corrected chi connectivity index (χ1v) is 9.29. The van der Waals surface area contributed by atoms with Crippen LogP contribution < -0.4 is 10.5 Å². The third-order valence-corrected chi connectivity index (χ3v) is 5.74. The lowest BCUT2D eigenvalue weighted by molar-refractivity contribution is 0.444. The van der Waals surface area contributed by atoms with E-state index in [0.29, 0.717) is 18.2 Å². The molecule has 1 atom stereocenters. The fourth-order valence-corrected chi connectivity index (χ4v) is 4.42. The quantitative estimate of drug-likeness (QED) is 0.692. The van der Waals surface area contributed by atoms with Crippen LogP contribution in [-0.4, -0.2) is 15.0 Å². The number of hydrogen-bond donors (Lipinski definition) is 2. The van der Waals surface area contributed by atoms with Gasteiger partial charge in [-0.2, -0.15) is 0 Å². The summed E-state index contributed by atoms with van der Waals surface area (Å²) in [6.45, 7) is 4.55. The summed E-state index contributed by atoms with van der Waals surface area (Å²) < 4.78 is 27.3. The van der Waals surface area contributed by atoms with Crippen molar-refractivity contribution in [3.8, 4) is 0 Å². The summed E-state index contributed by atoms with van der Waals surface area (Å²) in [5.41, 5.74) is 5.92. The molecule has 7 heteroatoms. The van der Waals surface area contributed by atoms with E-state index in [4.69, 9.17) is 28.9 Å². The van der Waals surface area contributed by atoms with Gasteiger partial charge in [-0.05, 0) is 24.5 Å². The number of benzene rings is 1. The number of anilines is 1. The largest absolute Gasteiger partial charge is 0.399 e. The van der Waals surface area contributed by atoms with Gasteiger partial charge < -0.3 is 5.73 Å². The van der Waals surface area contributed by atoms with Crippen LogP contribution in [-0.2, 0) is 10.0 Å². The Morgan fingerprint density at radius 2 is 1.81 bits per heavy atom. The Kier molecular flexibility index (Phi) is 7.27. The van der Waals surface area contributed by atoms with Gasteiger partial charge >= 0.3 is 0 Å². The summed E-state index contributed by atoms with van der Waals surface area (Å²) in [6, 6.07) is 2.77. The molecule has 0 spiro atoms. The molecule has 0 amide bonds. The molecule has 21 heavy (non-hydrogen) atoms. The summed E-state index contributed by atoms with van der Waals surface area (Å²) in [5, 5.41) is 0.0724. The number of nitrogen functional groups attached to an aromatic ring is 1. The maximum absolute atomic E-state index is 12.4. The molecular formula is C14H22Cl2N2O2S. The van der Waals surface area contributed by atoms with Gasteiger partial charge in [-0.1, -0.05) is 56.3 Å². The molecule has 120 valence electrons. The Bertz CT molecular complexity index is 553. The molecule has 1 aromatic carbocycles.